The van der Waals surface area contributed by atoms with E-state index in [4.69, 9.17) is 0 Å². The first-order valence-electron chi connectivity index (χ1n) is 11.5. The van der Waals surface area contributed by atoms with E-state index in [1.54, 1.807) is 0 Å². The highest BCUT2D eigenvalue weighted by molar-refractivity contribution is 5.76. The molecule has 1 aliphatic rings. The Bertz CT molecular complexity index is 417. The molecule has 3 nitrogen and oxygen atoms in total. The van der Waals surface area contributed by atoms with Crippen LogP contribution in [-0.2, 0) is 4.79 Å². The second-order valence-electron chi connectivity index (χ2n) is 8.01. The molecule has 1 amide bonds. The summed E-state index contributed by atoms with van der Waals surface area (Å²) in [4.78, 5) is 12.0. The monoisotopic (exact) mass is 377 g/mol. The average molecular weight is 378 g/mol. The average Bonchev–Trinajstić information content (AvgIpc) is 2.66. The van der Waals surface area contributed by atoms with Crippen molar-refractivity contribution in [2.75, 3.05) is 0 Å². The molecule has 1 saturated carbocycles. The summed E-state index contributed by atoms with van der Waals surface area (Å²) >= 11 is 0. The molecule has 0 spiro atoms. The lowest BCUT2D eigenvalue weighted by Crippen LogP contribution is -2.44. The molecule has 1 fully saturated rings. The summed E-state index contributed by atoms with van der Waals surface area (Å²) in [6.07, 6.45) is 26.6. The van der Waals surface area contributed by atoms with Crippen LogP contribution in [0.4, 0.5) is 0 Å². The summed E-state index contributed by atoms with van der Waals surface area (Å²) in [7, 11) is 0. The van der Waals surface area contributed by atoms with E-state index in [2.05, 4.69) is 36.5 Å². The van der Waals surface area contributed by atoms with E-state index >= 15 is 0 Å². The van der Waals surface area contributed by atoms with Crippen molar-refractivity contribution < 1.29 is 9.90 Å². The van der Waals surface area contributed by atoms with E-state index in [-0.39, 0.29) is 18.1 Å². The first-order chi connectivity index (χ1) is 13.2. The SMILES string of the molecule is CCCCC/C=C\C/C=C\CCCCCCCC(=O)N[C@H]1CCCC[C@@H]1O. The van der Waals surface area contributed by atoms with Crippen LogP contribution in [0.2, 0.25) is 0 Å². The van der Waals surface area contributed by atoms with Gasteiger partial charge in [0.05, 0.1) is 12.1 Å². The quantitative estimate of drug-likeness (QED) is 0.263. The van der Waals surface area contributed by atoms with Crippen LogP contribution in [0.25, 0.3) is 0 Å². The molecule has 0 aliphatic heterocycles. The van der Waals surface area contributed by atoms with Crippen molar-refractivity contribution in [3.8, 4) is 0 Å². The van der Waals surface area contributed by atoms with Crippen LogP contribution >= 0.6 is 0 Å². The highest BCUT2D eigenvalue weighted by Gasteiger charge is 2.23. The highest BCUT2D eigenvalue weighted by atomic mass is 16.3. The number of unbranched alkanes of at least 4 members (excludes halogenated alkanes) is 8. The first kappa shape index (κ1) is 23.9. The summed E-state index contributed by atoms with van der Waals surface area (Å²) < 4.78 is 0. The smallest absolute Gasteiger partial charge is 0.220 e. The minimum Gasteiger partial charge on any atom is -0.391 e. The fraction of sp³-hybridized carbons (Fsp3) is 0.792. The highest BCUT2D eigenvalue weighted by Crippen LogP contribution is 2.18. The van der Waals surface area contributed by atoms with E-state index < -0.39 is 0 Å². The van der Waals surface area contributed by atoms with Crippen molar-refractivity contribution in [1.82, 2.24) is 5.32 Å². The second kappa shape index (κ2) is 17.0. The van der Waals surface area contributed by atoms with Gasteiger partial charge in [-0.15, -0.1) is 0 Å². The van der Waals surface area contributed by atoms with Gasteiger partial charge in [0, 0.05) is 6.42 Å². The van der Waals surface area contributed by atoms with Crippen LogP contribution in [-0.4, -0.2) is 23.2 Å². The predicted molar refractivity (Wildman–Crippen MR) is 116 cm³/mol. The Morgan fingerprint density at radius 2 is 1.52 bits per heavy atom. The van der Waals surface area contributed by atoms with Crippen LogP contribution < -0.4 is 5.32 Å². The summed E-state index contributed by atoms with van der Waals surface area (Å²) in [5.74, 6) is 0.117. The summed E-state index contributed by atoms with van der Waals surface area (Å²) in [5, 5.41) is 12.9. The van der Waals surface area contributed by atoms with Gasteiger partial charge in [-0.05, 0) is 51.4 Å². The molecule has 1 aliphatic carbocycles. The standard InChI is InChI=1S/C24H43NO2/c1-2-3-4-5-6-7-8-9-10-11-12-13-14-15-16-21-24(27)25-22-19-17-18-20-23(22)26/h6-7,9-10,22-23,26H,2-5,8,11-21H2,1H3,(H,25,27)/b7-6-,10-9-/t22-,23-/m0/s1. The van der Waals surface area contributed by atoms with Crippen LogP contribution in [0.5, 0.6) is 0 Å². The third-order valence-electron chi connectivity index (χ3n) is 5.43. The number of nitrogens with one attached hydrogen (secondary N) is 1. The van der Waals surface area contributed by atoms with Gasteiger partial charge in [0.15, 0.2) is 0 Å². The molecule has 2 N–H and O–H groups in total. The third-order valence-corrected chi connectivity index (χ3v) is 5.43. The Morgan fingerprint density at radius 3 is 2.22 bits per heavy atom. The van der Waals surface area contributed by atoms with Gasteiger partial charge in [-0.25, -0.2) is 0 Å². The lowest BCUT2D eigenvalue weighted by molar-refractivity contribution is -0.123. The van der Waals surface area contributed by atoms with Crippen molar-refractivity contribution in [2.24, 2.45) is 0 Å². The molecule has 27 heavy (non-hydrogen) atoms. The first-order valence-corrected chi connectivity index (χ1v) is 11.5. The van der Waals surface area contributed by atoms with Gasteiger partial charge in [-0.3, -0.25) is 4.79 Å². The van der Waals surface area contributed by atoms with Crippen LogP contribution in [0, 0.1) is 0 Å². The molecular weight excluding hydrogens is 334 g/mol. The second-order valence-corrected chi connectivity index (χ2v) is 8.01. The number of aliphatic hydroxyl groups is 1. The van der Waals surface area contributed by atoms with Gasteiger partial charge in [-0.1, -0.05) is 76.2 Å². The maximum Gasteiger partial charge on any atom is 0.220 e. The molecule has 0 unspecified atom stereocenters. The molecule has 3 heteroatoms. The Labute approximate surface area is 167 Å². The molecule has 0 heterocycles. The summed E-state index contributed by atoms with van der Waals surface area (Å²) in [6, 6.07) is -0.00998. The van der Waals surface area contributed by atoms with Crippen molar-refractivity contribution in [2.45, 2.75) is 122 Å². The maximum absolute atomic E-state index is 12.0. The molecule has 156 valence electrons. The van der Waals surface area contributed by atoms with Crippen molar-refractivity contribution in [3.05, 3.63) is 24.3 Å². The molecule has 0 aromatic carbocycles. The third kappa shape index (κ3) is 13.7. The van der Waals surface area contributed by atoms with Gasteiger partial charge in [-0.2, -0.15) is 0 Å². The van der Waals surface area contributed by atoms with Gasteiger partial charge in [0.25, 0.3) is 0 Å². The number of aliphatic hydroxyl groups excluding tert-OH is 1. The van der Waals surface area contributed by atoms with Gasteiger partial charge < -0.3 is 10.4 Å². The molecule has 0 saturated heterocycles. The van der Waals surface area contributed by atoms with Crippen molar-refractivity contribution in [1.29, 1.82) is 0 Å². The normalized spacial score (nSPS) is 20.5. The topological polar surface area (TPSA) is 49.3 Å². The predicted octanol–water partition coefficient (Wildman–Crippen LogP) is 6.22. The number of hydrogen-bond donors (Lipinski definition) is 2. The Kier molecular flexibility index (Phi) is 15.1. The van der Waals surface area contributed by atoms with Gasteiger partial charge in [0.2, 0.25) is 5.91 Å². The molecule has 1 rings (SSSR count). The van der Waals surface area contributed by atoms with Crippen LogP contribution in [0.15, 0.2) is 24.3 Å². The minimum absolute atomic E-state index is 0.00998. The molecule has 0 aromatic rings. The molecule has 0 radical (unpaired) electrons. The van der Waals surface area contributed by atoms with E-state index in [0.717, 1.165) is 44.9 Å². The molecule has 0 aromatic heterocycles. The number of hydrogen-bond acceptors (Lipinski definition) is 2. The lowest BCUT2D eigenvalue weighted by atomic mass is 9.92. The molecule has 0 bridgehead atoms. The zero-order chi connectivity index (χ0) is 19.6. The molecule has 2 atom stereocenters. The van der Waals surface area contributed by atoms with Gasteiger partial charge >= 0.3 is 0 Å². The fourth-order valence-electron chi connectivity index (χ4n) is 3.66. The zero-order valence-corrected chi connectivity index (χ0v) is 17.6. The van der Waals surface area contributed by atoms with Crippen molar-refractivity contribution >= 4 is 5.91 Å². The Hall–Kier alpha value is -1.09. The summed E-state index contributed by atoms with van der Waals surface area (Å²) in [6.45, 7) is 2.24. The maximum atomic E-state index is 12.0. The van der Waals surface area contributed by atoms with Crippen LogP contribution in [0.1, 0.15) is 110 Å². The van der Waals surface area contributed by atoms with E-state index in [0.29, 0.717) is 6.42 Å². The lowest BCUT2D eigenvalue weighted by Gasteiger charge is -2.28. The molecular formula is C24H43NO2. The number of carbonyl (C=O) groups excluding carboxylic acids is 1. The Morgan fingerprint density at radius 1 is 0.889 bits per heavy atom. The van der Waals surface area contributed by atoms with E-state index in [9.17, 15) is 9.90 Å². The fourth-order valence-corrected chi connectivity index (χ4v) is 3.66. The summed E-state index contributed by atoms with van der Waals surface area (Å²) in [5.41, 5.74) is 0. The number of carbonyl (C=O) groups is 1. The largest absolute Gasteiger partial charge is 0.391 e. The van der Waals surface area contributed by atoms with Gasteiger partial charge in [0.1, 0.15) is 0 Å². The minimum atomic E-state index is -0.340. The number of allylic oxidation sites excluding steroid dienone is 4. The van der Waals surface area contributed by atoms with Crippen LogP contribution in [0.3, 0.4) is 0 Å². The zero-order valence-electron chi connectivity index (χ0n) is 17.6. The van der Waals surface area contributed by atoms with Crippen molar-refractivity contribution in [3.63, 3.8) is 0 Å². The number of rotatable bonds is 15. The van der Waals surface area contributed by atoms with E-state index in [1.165, 1.54) is 51.4 Å². The Balaban J connectivity index is 1.87. The number of amides is 1. The van der Waals surface area contributed by atoms with E-state index in [1.807, 2.05) is 0 Å².